The number of piperidine rings is 1. The Kier molecular flexibility index (Phi) is 9.11. The van der Waals surface area contributed by atoms with Gasteiger partial charge in [-0.2, -0.15) is 0 Å². The van der Waals surface area contributed by atoms with Crippen LogP contribution in [0.25, 0.3) is 0 Å². The fourth-order valence-electron chi connectivity index (χ4n) is 4.08. The quantitative estimate of drug-likeness (QED) is 0.524. The average molecular weight is 459 g/mol. The molecule has 6 nitrogen and oxygen atoms in total. The molecule has 0 spiro atoms. The zero-order chi connectivity index (χ0) is 22.8. The lowest BCUT2D eigenvalue weighted by Gasteiger charge is -2.31. The SMILES string of the molecule is COc1ccc(CCCNC(=O)[C@H]2CCCN(S(=O)(=O)CCCc3ccccc3)C2)cc1. The molecule has 1 N–H and O–H groups in total. The van der Waals surface area contributed by atoms with Gasteiger partial charge in [0.15, 0.2) is 0 Å². The van der Waals surface area contributed by atoms with Crippen LogP contribution < -0.4 is 10.1 Å². The molecule has 3 rings (SSSR count). The highest BCUT2D eigenvalue weighted by Crippen LogP contribution is 2.20. The summed E-state index contributed by atoms with van der Waals surface area (Å²) in [5.74, 6) is 0.648. The van der Waals surface area contributed by atoms with Crippen molar-refractivity contribution in [1.29, 1.82) is 0 Å². The van der Waals surface area contributed by atoms with Gasteiger partial charge in [0, 0.05) is 19.6 Å². The molecule has 0 saturated carbocycles. The monoisotopic (exact) mass is 458 g/mol. The summed E-state index contributed by atoms with van der Waals surface area (Å²) in [5.41, 5.74) is 2.35. The van der Waals surface area contributed by atoms with Gasteiger partial charge in [-0.15, -0.1) is 0 Å². The summed E-state index contributed by atoms with van der Waals surface area (Å²) in [7, 11) is -1.70. The molecule has 0 aliphatic carbocycles. The highest BCUT2D eigenvalue weighted by atomic mass is 32.2. The summed E-state index contributed by atoms with van der Waals surface area (Å²) in [6, 6.07) is 17.9. The van der Waals surface area contributed by atoms with E-state index >= 15 is 0 Å². The van der Waals surface area contributed by atoms with Crippen LogP contribution in [0.4, 0.5) is 0 Å². The third kappa shape index (κ3) is 7.35. The molecule has 1 heterocycles. The number of nitrogens with one attached hydrogen (secondary N) is 1. The van der Waals surface area contributed by atoms with Crippen molar-refractivity contribution in [3.05, 3.63) is 65.7 Å². The lowest BCUT2D eigenvalue weighted by molar-refractivity contribution is -0.126. The van der Waals surface area contributed by atoms with E-state index in [0.717, 1.165) is 43.4 Å². The van der Waals surface area contributed by atoms with Crippen molar-refractivity contribution in [2.75, 3.05) is 32.5 Å². The zero-order valence-electron chi connectivity index (χ0n) is 18.8. The minimum atomic E-state index is -3.34. The van der Waals surface area contributed by atoms with Gasteiger partial charge in [-0.25, -0.2) is 12.7 Å². The average Bonchev–Trinajstić information content (AvgIpc) is 2.83. The van der Waals surface area contributed by atoms with E-state index < -0.39 is 10.0 Å². The summed E-state index contributed by atoms with van der Waals surface area (Å²) in [5, 5.41) is 3.00. The molecule has 1 amide bonds. The van der Waals surface area contributed by atoms with Crippen LogP contribution in [-0.4, -0.2) is 51.1 Å². The Labute approximate surface area is 192 Å². The third-order valence-electron chi connectivity index (χ3n) is 5.96. The van der Waals surface area contributed by atoms with E-state index in [2.05, 4.69) is 5.32 Å². The molecule has 174 valence electrons. The second kappa shape index (κ2) is 12.0. The first-order chi connectivity index (χ1) is 15.5. The molecule has 1 saturated heterocycles. The number of rotatable bonds is 11. The number of sulfonamides is 1. The van der Waals surface area contributed by atoms with Crippen LogP contribution in [0.1, 0.15) is 36.8 Å². The number of hydrogen-bond acceptors (Lipinski definition) is 4. The fourth-order valence-corrected chi connectivity index (χ4v) is 5.66. The predicted molar refractivity (Wildman–Crippen MR) is 127 cm³/mol. The zero-order valence-corrected chi connectivity index (χ0v) is 19.6. The maximum absolute atomic E-state index is 12.8. The van der Waals surface area contributed by atoms with Gasteiger partial charge in [0.1, 0.15) is 5.75 Å². The van der Waals surface area contributed by atoms with Gasteiger partial charge in [0.2, 0.25) is 15.9 Å². The largest absolute Gasteiger partial charge is 0.497 e. The normalized spacial score (nSPS) is 17.1. The predicted octanol–water partition coefficient (Wildman–Crippen LogP) is 3.42. The Morgan fingerprint density at radius 2 is 1.72 bits per heavy atom. The smallest absolute Gasteiger partial charge is 0.224 e. The van der Waals surface area contributed by atoms with E-state index in [-0.39, 0.29) is 24.1 Å². The molecule has 7 heteroatoms. The van der Waals surface area contributed by atoms with E-state index in [1.807, 2.05) is 54.6 Å². The van der Waals surface area contributed by atoms with Crippen LogP contribution in [0, 0.1) is 5.92 Å². The topological polar surface area (TPSA) is 75.7 Å². The molecule has 1 aliphatic rings. The third-order valence-corrected chi connectivity index (χ3v) is 7.88. The van der Waals surface area contributed by atoms with Crippen LogP contribution >= 0.6 is 0 Å². The van der Waals surface area contributed by atoms with Crippen molar-refractivity contribution in [3.63, 3.8) is 0 Å². The highest BCUT2D eigenvalue weighted by Gasteiger charge is 2.31. The Balaban J connectivity index is 1.40. The number of amides is 1. The molecular formula is C25H34N2O4S. The fraction of sp³-hybridized carbons (Fsp3) is 0.480. The number of benzene rings is 2. The lowest BCUT2D eigenvalue weighted by atomic mass is 9.99. The molecule has 0 bridgehead atoms. The van der Waals surface area contributed by atoms with Crippen molar-refractivity contribution in [1.82, 2.24) is 9.62 Å². The molecule has 0 aromatic heterocycles. The van der Waals surface area contributed by atoms with Crippen LogP contribution in [0.5, 0.6) is 5.75 Å². The van der Waals surface area contributed by atoms with Crippen molar-refractivity contribution in [2.45, 2.75) is 38.5 Å². The van der Waals surface area contributed by atoms with E-state index in [0.29, 0.717) is 19.5 Å². The van der Waals surface area contributed by atoms with Gasteiger partial charge in [0.25, 0.3) is 0 Å². The number of carbonyl (C=O) groups is 1. The number of hydrogen-bond donors (Lipinski definition) is 1. The maximum atomic E-state index is 12.8. The van der Waals surface area contributed by atoms with Crippen LogP contribution in [0.2, 0.25) is 0 Å². The van der Waals surface area contributed by atoms with Crippen molar-refractivity contribution in [3.8, 4) is 5.75 Å². The van der Waals surface area contributed by atoms with E-state index in [9.17, 15) is 13.2 Å². The Morgan fingerprint density at radius 1 is 1.03 bits per heavy atom. The molecule has 2 aromatic rings. The Hall–Kier alpha value is -2.38. The van der Waals surface area contributed by atoms with Crippen molar-refractivity contribution in [2.24, 2.45) is 5.92 Å². The molecule has 0 radical (unpaired) electrons. The number of aryl methyl sites for hydroxylation is 2. The minimum Gasteiger partial charge on any atom is -0.497 e. The van der Waals surface area contributed by atoms with Gasteiger partial charge in [-0.1, -0.05) is 42.5 Å². The number of ether oxygens (including phenoxy) is 1. The molecule has 0 unspecified atom stereocenters. The van der Waals surface area contributed by atoms with E-state index in [1.54, 1.807) is 7.11 Å². The molecule has 1 atom stereocenters. The molecule has 2 aromatic carbocycles. The van der Waals surface area contributed by atoms with Crippen LogP contribution in [0.15, 0.2) is 54.6 Å². The summed E-state index contributed by atoms with van der Waals surface area (Å²) in [6.45, 7) is 1.39. The van der Waals surface area contributed by atoms with E-state index in [1.165, 1.54) is 9.87 Å². The summed E-state index contributed by atoms with van der Waals surface area (Å²) in [6.07, 6.45) is 4.50. The first-order valence-electron chi connectivity index (χ1n) is 11.4. The van der Waals surface area contributed by atoms with Crippen LogP contribution in [-0.2, 0) is 27.7 Å². The lowest BCUT2D eigenvalue weighted by Crippen LogP contribution is -2.46. The van der Waals surface area contributed by atoms with Gasteiger partial charge in [-0.3, -0.25) is 4.79 Å². The van der Waals surface area contributed by atoms with Gasteiger partial charge in [-0.05, 0) is 61.8 Å². The maximum Gasteiger partial charge on any atom is 0.224 e. The first-order valence-corrected chi connectivity index (χ1v) is 13.0. The Bertz CT molecular complexity index is 946. The summed E-state index contributed by atoms with van der Waals surface area (Å²) in [4.78, 5) is 12.6. The van der Waals surface area contributed by atoms with Gasteiger partial charge in [0.05, 0.1) is 18.8 Å². The van der Waals surface area contributed by atoms with Gasteiger partial charge >= 0.3 is 0 Å². The van der Waals surface area contributed by atoms with E-state index in [4.69, 9.17) is 4.74 Å². The Morgan fingerprint density at radius 3 is 2.44 bits per heavy atom. The van der Waals surface area contributed by atoms with Crippen molar-refractivity contribution >= 4 is 15.9 Å². The standard InChI is InChI=1S/C25H34N2O4S/c1-31-24-15-13-22(14-16-24)10-5-17-26-25(28)23-12-6-18-27(20-23)32(29,30)19-7-11-21-8-3-2-4-9-21/h2-4,8-9,13-16,23H,5-7,10-12,17-20H2,1H3,(H,26,28)/t23-/m0/s1. The number of methoxy groups -OCH3 is 1. The second-order valence-electron chi connectivity index (χ2n) is 8.34. The summed E-state index contributed by atoms with van der Waals surface area (Å²) >= 11 is 0. The first kappa shape index (κ1) is 24.3. The summed E-state index contributed by atoms with van der Waals surface area (Å²) < 4.78 is 32.3. The highest BCUT2D eigenvalue weighted by molar-refractivity contribution is 7.89. The molecule has 1 aliphatic heterocycles. The molecule has 1 fully saturated rings. The number of carbonyl (C=O) groups excluding carboxylic acids is 1. The van der Waals surface area contributed by atoms with Crippen LogP contribution in [0.3, 0.4) is 0 Å². The van der Waals surface area contributed by atoms with Gasteiger partial charge < -0.3 is 10.1 Å². The number of nitrogens with zero attached hydrogens (tertiary/aromatic N) is 1. The van der Waals surface area contributed by atoms with Crippen molar-refractivity contribution < 1.29 is 17.9 Å². The molecular weight excluding hydrogens is 424 g/mol. The second-order valence-corrected chi connectivity index (χ2v) is 10.4. The minimum absolute atomic E-state index is 0.0380. The molecule has 32 heavy (non-hydrogen) atoms.